The molecule has 4 aromatic rings. The van der Waals surface area contributed by atoms with Crippen molar-refractivity contribution >= 4 is 40.1 Å². The fourth-order valence-corrected chi connectivity index (χ4v) is 5.44. The van der Waals surface area contributed by atoms with Crippen LogP contribution < -0.4 is 0 Å². The van der Waals surface area contributed by atoms with Crippen LogP contribution in [0.2, 0.25) is 5.02 Å². The molecule has 0 saturated heterocycles. The largest absolute Gasteiger partial charge is 0.457 e. The van der Waals surface area contributed by atoms with Gasteiger partial charge in [-0.25, -0.2) is 9.79 Å². The molecule has 5 nitrogen and oxygen atoms in total. The lowest BCUT2D eigenvalue weighted by Gasteiger charge is -2.09. The third kappa shape index (κ3) is 5.07. The van der Waals surface area contributed by atoms with Crippen LogP contribution in [0.4, 0.5) is 5.00 Å². The standard InChI is InChI=1S/C28H21ClN2O3S/c29-24-7-3-1-5-20(24)17-33-28(32)19-11-9-18(10-12-19)25-14-13-21(34-25)16-31-27-23(15-30)22-6-2-4-8-26(22)35-27/h1,3,5,7,9-14,16H,2,4,6,8,17H2. The smallest absolute Gasteiger partial charge is 0.338 e. The van der Waals surface area contributed by atoms with Crippen molar-refractivity contribution in [3.8, 4) is 17.4 Å². The van der Waals surface area contributed by atoms with E-state index >= 15 is 0 Å². The number of halogens is 1. The van der Waals surface area contributed by atoms with Crippen molar-refractivity contribution in [2.24, 2.45) is 4.99 Å². The van der Waals surface area contributed by atoms with Gasteiger partial charge in [-0.05, 0) is 61.6 Å². The van der Waals surface area contributed by atoms with Crippen molar-refractivity contribution in [3.05, 3.63) is 98.6 Å². The zero-order chi connectivity index (χ0) is 24.2. The summed E-state index contributed by atoms with van der Waals surface area (Å²) >= 11 is 7.72. The SMILES string of the molecule is N#Cc1c(N=Cc2ccc(-c3ccc(C(=O)OCc4ccccc4Cl)cc3)o2)sc2c1CCCC2. The first-order chi connectivity index (χ1) is 17.1. The Balaban J connectivity index is 1.25. The number of thiophene rings is 1. The van der Waals surface area contributed by atoms with Crippen LogP contribution in [0, 0.1) is 11.3 Å². The Kier molecular flexibility index (Phi) is 6.80. The molecule has 2 aromatic heterocycles. The highest BCUT2D eigenvalue weighted by Gasteiger charge is 2.20. The predicted octanol–water partition coefficient (Wildman–Crippen LogP) is 7.52. The normalized spacial score (nSPS) is 12.9. The summed E-state index contributed by atoms with van der Waals surface area (Å²) < 4.78 is 11.3. The lowest BCUT2D eigenvalue weighted by molar-refractivity contribution is 0.0473. The van der Waals surface area contributed by atoms with Crippen LogP contribution in [-0.2, 0) is 24.2 Å². The van der Waals surface area contributed by atoms with Gasteiger partial charge in [0.25, 0.3) is 0 Å². The van der Waals surface area contributed by atoms with E-state index in [0.29, 0.717) is 27.7 Å². The summed E-state index contributed by atoms with van der Waals surface area (Å²) in [4.78, 5) is 18.2. The minimum atomic E-state index is -0.421. The Morgan fingerprint density at radius 2 is 1.91 bits per heavy atom. The maximum Gasteiger partial charge on any atom is 0.338 e. The molecule has 0 N–H and O–H groups in total. The molecule has 1 aliphatic carbocycles. The van der Waals surface area contributed by atoms with Gasteiger partial charge in [0.15, 0.2) is 0 Å². The Hall–Kier alpha value is -3.66. The van der Waals surface area contributed by atoms with Gasteiger partial charge in [0.2, 0.25) is 0 Å². The van der Waals surface area contributed by atoms with E-state index in [2.05, 4.69) is 11.1 Å². The van der Waals surface area contributed by atoms with Gasteiger partial charge in [-0.1, -0.05) is 41.9 Å². The van der Waals surface area contributed by atoms with Gasteiger partial charge < -0.3 is 9.15 Å². The minimum Gasteiger partial charge on any atom is -0.457 e. The summed E-state index contributed by atoms with van der Waals surface area (Å²) in [5, 5.41) is 10.9. The molecule has 7 heteroatoms. The lowest BCUT2D eigenvalue weighted by atomic mass is 9.96. The molecule has 35 heavy (non-hydrogen) atoms. The van der Waals surface area contributed by atoms with Gasteiger partial charge in [0.1, 0.15) is 29.2 Å². The number of fused-ring (bicyclic) bond motifs is 1. The van der Waals surface area contributed by atoms with Crippen molar-refractivity contribution in [1.82, 2.24) is 0 Å². The number of carbonyl (C=O) groups is 1. The molecule has 0 unspecified atom stereocenters. The molecule has 0 fully saturated rings. The highest BCUT2D eigenvalue weighted by molar-refractivity contribution is 7.16. The molecule has 2 heterocycles. The van der Waals surface area contributed by atoms with E-state index in [9.17, 15) is 10.1 Å². The zero-order valence-electron chi connectivity index (χ0n) is 18.8. The number of benzene rings is 2. The number of furan rings is 1. The Bertz CT molecular complexity index is 1440. The van der Waals surface area contributed by atoms with Crippen molar-refractivity contribution in [2.75, 3.05) is 0 Å². The molecule has 0 amide bonds. The van der Waals surface area contributed by atoms with Crippen LogP contribution in [0.15, 0.2) is 70.1 Å². The molecule has 0 aliphatic heterocycles. The molecular formula is C28H21ClN2O3S. The number of ether oxygens (including phenoxy) is 1. The molecule has 1 aliphatic rings. The third-order valence-electron chi connectivity index (χ3n) is 5.92. The molecule has 0 saturated carbocycles. The lowest BCUT2D eigenvalue weighted by Crippen LogP contribution is -2.05. The van der Waals surface area contributed by atoms with Gasteiger partial charge in [0, 0.05) is 21.0 Å². The van der Waals surface area contributed by atoms with Crippen molar-refractivity contribution in [3.63, 3.8) is 0 Å². The molecular weight excluding hydrogens is 480 g/mol. The average Bonchev–Trinajstić information content (AvgIpc) is 3.51. The first kappa shape index (κ1) is 23.1. The van der Waals surface area contributed by atoms with Gasteiger partial charge in [-0.3, -0.25) is 0 Å². The van der Waals surface area contributed by atoms with Crippen molar-refractivity contribution in [1.29, 1.82) is 5.26 Å². The van der Waals surface area contributed by atoms with E-state index in [4.69, 9.17) is 20.8 Å². The number of nitriles is 1. The molecule has 0 atom stereocenters. The number of hydrogen-bond acceptors (Lipinski definition) is 6. The van der Waals surface area contributed by atoms with E-state index in [0.717, 1.165) is 35.4 Å². The second kappa shape index (κ2) is 10.3. The van der Waals surface area contributed by atoms with Crippen LogP contribution in [0.1, 0.15) is 50.5 Å². The number of aryl methyl sites for hydroxylation is 1. The third-order valence-corrected chi connectivity index (χ3v) is 7.49. The topological polar surface area (TPSA) is 75.6 Å². The molecule has 174 valence electrons. The first-order valence-corrected chi connectivity index (χ1v) is 12.5. The van der Waals surface area contributed by atoms with Crippen molar-refractivity contribution in [2.45, 2.75) is 32.3 Å². The summed E-state index contributed by atoms with van der Waals surface area (Å²) in [5.41, 5.74) is 3.90. The van der Waals surface area contributed by atoms with Crippen molar-refractivity contribution < 1.29 is 13.9 Å². The fraction of sp³-hybridized carbons (Fsp3) is 0.179. The van der Waals surface area contributed by atoms with E-state index < -0.39 is 5.97 Å². The Labute approximate surface area is 212 Å². The summed E-state index contributed by atoms with van der Waals surface area (Å²) in [6.45, 7) is 0.113. The first-order valence-electron chi connectivity index (χ1n) is 11.3. The highest BCUT2D eigenvalue weighted by Crippen LogP contribution is 2.39. The minimum absolute atomic E-state index is 0.113. The van der Waals surface area contributed by atoms with Crippen LogP contribution in [0.5, 0.6) is 0 Å². The average molecular weight is 501 g/mol. The van der Waals surface area contributed by atoms with Gasteiger partial charge in [-0.2, -0.15) is 5.26 Å². The number of nitrogens with zero attached hydrogens (tertiary/aromatic N) is 2. The fourth-order valence-electron chi connectivity index (χ4n) is 4.07. The van der Waals surface area contributed by atoms with Gasteiger partial charge in [0.05, 0.1) is 17.3 Å². The second-order valence-corrected chi connectivity index (χ2v) is 9.70. The van der Waals surface area contributed by atoms with Crippen LogP contribution in [0.3, 0.4) is 0 Å². The van der Waals surface area contributed by atoms with Crippen LogP contribution >= 0.6 is 22.9 Å². The molecule has 5 rings (SSSR count). The number of hydrogen-bond donors (Lipinski definition) is 0. The number of esters is 1. The number of rotatable bonds is 6. The van der Waals surface area contributed by atoms with Gasteiger partial charge >= 0.3 is 5.97 Å². The summed E-state index contributed by atoms with van der Waals surface area (Å²) in [6, 6.07) is 20.3. The van der Waals surface area contributed by atoms with E-state index in [-0.39, 0.29) is 6.61 Å². The maximum absolute atomic E-state index is 12.4. The van der Waals surface area contributed by atoms with Gasteiger partial charge in [-0.15, -0.1) is 11.3 Å². The zero-order valence-corrected chi connectivity index (χ0v) is 20.4. The van der Waals surface area contributed by atoms with Crippen LogP contribution in [0.25, 0.3) is 11.3 Å². The number of aliphatic imine (C=N–C) groups is 1. The highest BCUT2D eigenvalue weighted by atomic mass is 35.5. The summed E-state index contributed by atoms with van der Waals surface area (Å²) in [6.07, 6.45) is 5.93. The quantitative estimate of drug-likeness (QED) is 0.202. The summed E-state index contributed by atoms with van der Waals surface area (Å²) in [5.74, 6) is 0.836. The van der Waals surface area contributed by atoms with E-state index in [1.54, 1.807) is 35.8 Å². The molecule has 2 aromatic carbocycles. The Morgan fingerprint density at radius 1 is 1.11 bits per heavy atom. The Morgan fingerprint density at radius 3 is 2.71 bits per heavy atom. The number of carbonyl (C=O) groups excluding carboxylic acids is 1. The summed E-state index contributed by atoms with van der Waals surface area (Å²) in [7, 11) is 0. The maximum atomic E-state index is 12.4. The molecule has 0 radical (unpaired) electrons. The molecule has 0 bridgehead atoms. The predicted molar refractivity (Wildman–Crippen MR) is 138 cm³/mol. The molecule has 0 spiro atoms. The van der Waals surface area contributed by atoms with E-state index in [1.807, 2.05) is 42.5 Å². The second-order valence-electron chi connectivity index (χ2n) is 8.21. The van der Waals surface area contributed by atoms with E-state index in [1.165, 1.54) is 16.9 Å². The monoisotopic (exact) mass is 500 g/mol. The van der Waals surface area contributed by atoms with Crippen LogP contribution in [-0.4, -0.2) is 12.2 Å².